The predicted molar refractivity (Wildman–Crippen MR) is 60.4 cm³/mol. The first kappa shape index (κ1) is 14.2. The van der Waals surface area contributed by atoms with Gasteiger partial charge >= 0.3 is 0 Å². The summed E-state index contributed by atoms with van der Waals surface area (Å²) in [6.45, 7) is 5.42. The number of halogens is 1. The van der Waals surface area contributed by atoms with Gasteiger partial charge in [0.25, 0.3) is 0 Å². The maximum atomic E-state index is 11.3. The van der Waals surface area contributed by atoms with Crippen molar-refractivity contribution in [3.8, 4) is 0 Å². The summed E-state index contributed by atoms with van der Waals surface area (Å²) in [4.78, 5) is 0. The molecule has 0 bridgehead atoms. The van der Waals surface area contributed by atoms with E-state index < -0.39 is 10.0 Å². The van der Waals surface area contributed by atoms with Gasteiger partial charge in [-0.05, 0) is 39.8 Å². The molecule has 86 valence electrons. The maximum absolute atomic E-state index is 11.3. The van der Waals surface area contributed by atoms with Crippen LogP contribution >= 0.6 is 12.4 Å². The Morgan fingerprint density at radius 3 is 2.29 bits per heavy atom. The summed E-state index contributed by atoms with van der Waals surface area (Å²) in [6, 6.07) is 0. The molecule has 2 N–H and O–H groups in total. The quantitative estimate of drug-likeness (QED) is 0.758. The van der Waals surface area contributed by atoms with Crippen LogP contribution < -0.4 is 10.0 Å². The second-order valence-corrected chi connectivity index (χ2v) is 5.83. The van der Waals surface area contributed by atoms with Gasteiger partial charge in [0.2, 0.25) is 10.0 Å². The molecule has 4 nitrogen and oxygen atoms in total. The monoisotopic (exact) mass is 242 g/mol. The number of nitrogens with one attached hydrogen (secondary N) is 2. The van der Waals surface area contributed by atoms with Crippen LogP contribution in [0.2, 0.25) is 0 Å². The molecule has 1 rings (SSSR count). The molecular formula is C8H19ClN2O2S. The first-order valence-electron chi connectivity index (χ1n) is 4.70. The zero-order chi connectivity index (χ0) is 9.95. The molecule has 1 fully saturated rings. The van der Waals surface area contributed by atoms with Gasteiger partial charge in [-0.25, -0.2) is 13.1 Å². The van der Waals surface area contributed by atoms with Crippen molar-refractivity contribution in [1.82, 2.24) is 10.0 Å². The third kappa shape index (κ3) is 4.13. The predicted octanol–water partition coefficient (Wildman–Crippen LogP) is 0.490. The van der Waals surface area contributed by atoms with E-state index in [9.17, 15) is 8.42 Å². The molecule has 0 amide bonds. The minimum atomic E-state index is -3.06. The highest BCUT2D eigenvalue weighted by Crippen LogP contribution is 2.18. The van der Waals surface area contributed by atoms with Gasteiger partial charge in [-0.3, -0.25) is 0 Å². The minimum absolute atomic E-state index is 0. The highest BCUT2D eigenvalue weighted by molar-refractivity contribution is 7.89. The van der Waals surface area contributed by atoms with E-state index in [1.165, 1.54) is 0 Å². The molecule has 1 heterocycles. The fraction of sp³-hybridized carbons (Fsp3) is 1.00. The van der Waals surface area contributed by atoms with Gasteiger partial charge in [0.05, 0.1) is 5.75 Å². The van der Waals surface area contributed by atoms with Gasteiger partial charge in [-0.1, -0.05) is 0 Å². The standard InChI is InChI=1S/C8H18N2O2S.ClH/c1-3-13(11,12)10-8(2)4-6-9-7-5-8;/h9-10H,3-7H2,1-2H3;1H. The van der Waals surface area contributed by atoms with Crippen molar-refractivity contribution >= 4 is 22.4 Å². The van der Waals surface area contributed by atoms with E-state index in [0.29, 0.717) is 0 Å². The number of hydrogen-bond acceptors (Lipinski definition) is 3. The minimum Gasteiger partial charge on any atom is -0.317 e. The highest BCUT2D eigenvalue weighted by atomic mass is 35.5. The Labute approximate surface area is 92.3 Å². The van der Waals surface area contributed by atoms with E-state index in [2.05, 4.69) is 10.0 Å². The van der Waals surface area contributed by atoms with Gasteiger partial charge < -0.3 is 5.32 Å². The molecule has 0 aliphatic carbocycles. The summed E-state index contributed by atoms with van der Waals surface area (Å²) in [5.41, 5.74) is -0.236. The Bertz CT molecular complexity index is 261. The lowest BCUT2D eigenvalue weighted by molar-refractivity contribution is 0.308. The van der Waals surface area contributed by atoms with Crippen molar-refractivity contribution < 1.29 is 8.42 Å². The average molecular weight is 243 g/mol. The average Bonchev–Trinajstić information content (AvgIpc) is 2.04. The van der Waals surface area contributed by atoms with Crippen LogP contribution in [0.5, 0.6) is 0 Å². The van der Waals surface area contributed by atoms with Crippen molar-refractivity contribution in [2.24, 2.45) is 0 Å². The molecule has 6 heteroatoms. The second-order valence-electron chi connectivity index (χ2n) is 3.82. The van der Waals surface area contributed by atoms with Gasteiger partial charge in [-0.15, -0.1) is 12.4 Å². The van der Waals surface area contributed by atoms with Crippen molar-refractivity contribution in [1.29, 1.82) is 0 Å². The van der Waals surface area contributed by atoms with E-state index in [1.807, 2.05) is 6.92 Å². The van der Waals surface area contributed by atoms with Crippen LogP contribution in [0.25, 0.3) is 0 Å². The number of piperidine rings is 1. The molecule has 1 aliphatic rings. The van der Waals surface area contributed by atoms with Crippen molar-refractivity contribution in [2.45, 2.75) is 32.2 Å². The van der Waals surface area contributed by atoms with E-state index in [0.717, 1.165) is 25.9 Å². The summed E-state index contributed by atoms with van der Waals surface area (Å²) in [5.74, 6) is 0.163. The highest BCUT2D eigenvalue weighted by Gasteiger charge is 2.30. The molecule has 14 heavy (non-hydrogen) atoms. The molecule has 0 saturated carbocycles. The van der Waals surface area contributed by atoms with Crippen LogP contribution in [-0.2, 0) is 10.0 Å². The zero-order valence-electron chi connectivity index (χ0n) is 8.67. The van der Waals surface area contributed by atoms with Gasteiger partial charge in [0.15, 0.2) is 0 Å². The summed E-state index contributed by atoms with van der Waals surface area (Å²) in [5, 5.41) is 3.21. The fourth-order valence-corrected chi connectivity index (χ4v) is 2.63. The Kier molecular flexibility index (Phi) is 5.36. The first-order valence-corrected chi connectivity index (χ1v) is 6.35. The number of hydrogen-bond donors (Lipinski definition) is 2. The number of rotatable bonds is 3. The van der Waals surface area contributed by atoms with E-state index in [4.69, 9.17) is 0 Å². The summed E-state index contributed by atoms with van der Waals surface area (Å²) < 4.78 is 25.4. The molecule has 0 spiro atoms. The Hall–Kier alpha value is 0.160. The number of sulfonamides is 1. The van der Waals surface area contributed by atoms with Crippen LogP contribution in [0.3, 0.4) is 0 Å². The molecular weight excluding hydrogens is 224 g/mol. The zero-order valence-corrected chi connectivity index (χ0v) is 10.3. The van der Waals surface area contributed by atoms with Gasteiger partial charge in [0, 0.05) is 5.54 Å². The van der Waals surface area contributed by atoms with Crippen LogP contribution in [0, 0.1) is 0 Å². The third-order valence-electron chi connectivity index (χ3n) is 2.49. The lowest BCUT2D eigenvalue weighted by Crippen LogP contribution is -2.52. The van der Waals surface area contributed by atoms with Crippen LogP contribution in [0.15, 0.2) is 0 Å². The molecule has 0 aromatic rings. The van der Waals surface area contributed by atoms with E-state index >= 15 is 0 Å². The molecule has 1 aliphatic heterocycles. The Balaban J connectivity index is 0.00000169. The van der Waals surface area contributed by atoms with Crippen molar-refractivity contribution in [3.05, 3.63) is 0 Å². The van der Waals surface area contributed by atoms with Crippen LogP contribution in [0.4, 0.5) is 0 Å². The van der Waals surface area contributed by atoms with Crippen LogP contribution in [-0.4, -0.2) is 32.8 Å². The van der Waals surface area contributed by atoms with Gasteiger partial charge in [-0.2, -0.15) is 0 Å². The SMILES string of the molecule is CCS(=O)(=O)NC1(C)CCNCC1.Cl. The lowest BCUT2D eigenvalue weighted by atomic mass is 9.92. The lowest BCUT2D eigenvalue weighted by Gasteiger charge is -2.34. The molecule has 0 atom stereocenters. The normalized spacial score (nSPS) is 21.3. The molecule has 0 radical (unpaired) electrons. The topological polar surface area (TPSA) is 58.2 Å². The molecule has 0 aromatic carbocycles. The van der Waals surface area contributed by atoms with E-state index in [-0.39, 0.29) is 23.7 Å². The molecule has 0 aromatic heterocycles. The van der Waals surface area contributed by atoms with Crippen molar-refractivity contribution in [3.63, 3.8) is 0 Å². The maximum Gasteiger partial charge on any atom is 0.211 e. The largest absolute Gasteiger partial charge is 0.317 e. The first-order chi connectivity index (χ1) is 5.97. The third-order valence-corrected chi connectivity index (χ3v) is 4.05. The van der Waals surface area contributed by atoms with E-state index in [1.54, 1.807) is 6.92 Å². The summed E-state index contributed by atoms with van der Waals surface area (Å²) in [7, 11) is -3.06. The Morgan fingerprint density at radius 2 is 1.86 bits per heavy atom. The summed E-state index contributed by atoms with van der Waals surface area (Å²) in [6.07, 6.45) is 1.73. The molecule has 0 unspecified atom stereocenters. The van der Waals surface area contributed by atoms with Crippen LogP contribution in [0.1, 0.15) is 26.7 Å². The Morgan fingerprint density at radius 1 is 1.36 bits per heavy atom. The van der Waals surface area contributed by atoms with Crippen molar-refractivity contribution in [2.75, 3.05) is 18.8 Å². The van der Waals surface area contributed by atoms with Gasteiger partial charge in [0.1, 0.15) is 0 Å². The smallest absolute Gasteiger partial charge is 0.211 e. The fourth-order valence-electron chi connectivity index (χ4n) is 1.53. The molecule has 1 saturated heterocycles. The second kappa shape index (κ2) is 5.30. The summed E-state index contributed by atoms with van der Waals surface area (Å²) >= 11 is 0.